The van der Waals surface area contributed by atoms with Crippen LogP contribution in [0.15, 0.2) is 30.3 Å². The number of rotatable bonds is 5. The molecule has 21 heavy (non-hydrogen) atoms. The van der Waals surface area contributed by atoms with Crippen molar-refractivity contribution in [1.82, 2.24) is 15.1 Å². The summed E-state index contributed by atoms with van der Waals surface area (Å²) in [4.78, 5) is 12.2. The molecule has 1 heterocycles. The minimum absolute atomic E-state index is 0.00155. The van der Waals surface area contributed by atoms with Crippen molar-refractivity contribution in [2.75, 3.05) is 18.9 Å². The molecule has 0 aliphatic heterocycles. The Labute approximate surface area is 125 Å². The minimum atomic E-state index is -0.0940. The van der Waals surface area contributed by atoms with Gasteiger partial charge in [0.2, 0.25) is 5.91 Å². The van der Waals surface area contributed by atoms with Gasteiger partial charge < -0.3 is 10.6 Å². The van der Waals surface area contributed by atoms with Crippen molar-refractivity contribution in [2.45, 2.75) is 20.8 Å². The summed E-state index contributed by atoms with van der Waals surface area (Å²) in [5.74, 6) is -0.0955. The Balaban J connectivity index is 2.29. The molecule has 1 unspecified atom stereocenters. The highest BCUT2D eigenvalue weighted by atomic mass is 16.1. The molecule has 0 spiro atoms. The molecule has 1 aromatic carbocycles. The number of hydrogen-bond donors (Lipinski definition) is 2. The molecule has 2 aromatic rings. The molecule has 0 saturated heterocycles. The second kappa shape index (κ2) is 6.54. The summed E-state index contributed by atoms with van der Waals surface area (Å²) < 4.78 is 1.85. The first-order valence-corrected chi connectivity index (χ1v) is 7.11. The summed E-state index contributed by atoms with van der Waals surface area (Å²) in [6, 6.07) is 9.72. The molecule has 0 bridgehead atoms. The van der Waals surface area contributed by atoms with E-state index >= 15 is 0 Å². The van der Waals surface area contributed by atoms with Crippen LogP contribution in [0.5, 0.6) is 0 Å². The van der Waals surface area contributed by atoms with Gasteiger partial charge in [-0.1, -0.05) is 19.1 Å². The van der Waals surface area contributed by atoms with E-state index in [2.05, 4.69) is 15.7 Å². The Kier molecular flexibility index (Phi) is 4.75. The number of para-hydroxylation sites is 2. The monoisotopic (exact) mass is 286 g/mol. The number of nitrogens with zero attached hydrogens (tertiary/aromatic N) is 2. The number of carbonyl (C=O) groups is 1. The molecule has 1 atom stereocenters. The predicted molar refractivity (Wildman–Crippen MR) is 84.8 cm³/mol. The van der Waals surface area contributed by atoms with E-state index in [0.29, 0.717) is 6.54 Å². The fraction of sp³-hybridized carbons (Fsp3) is 0.375. The van der Waals surface area contributed by atoms with Gasteiger partial charge in [0.05, 0.1) is 17.1 Å². The van der Waals surface area contributed by atoms with E-state index in [9.17, 15) is 4.79 Å². The smallest absolute Gasteiger partial charge is 0.228 e. The van der Waals surface area contributed by atoms with Crippen molar-refractivity contribution < 1.29 is 4.79 Å². The van der Waals surface area contributed by atoms with Crippen LogP contribution in [0.2, 0.25) is 0 Å². The van der Waals surface area contributed by atoms with Gasteiger partial charge in [0.1, 0.15) is 0 Å². The second-order valence-electron chi connectivity index (χ2n) is 5.30. The summed E-state index contributed by atoms with van der Waals surface area (Å²) >= 11 is 0. The van der Waals surface area contributed by atoms with E-state index in [1.165, 1.54) is 0 Å². The lowest BCUT2D eigenvalue weighted by atomic mass is 10.1. The molecular formula is C16H22N4O. The Morgan fingerprint density at radius 1 is 1.33 bits per heavy atom. The van der Waals surface area contributed by atoms with Crippen molar-refractivity contribution in [1.29, 1.82) is 0 Å². The lowest BCUT2D eigenvalue weighted by Gasteiger charge is -2.15. The van der Waals surface area contributed by atoms with Crippen LogP contribution >= 0.6 is 0 Å². The number of carbonyl (C=O) groups excluding carboxylic acids is 1. The van der Waals surface area contributed by atoms with Crippen LogP contribution in [0.1, 0.15) is 18.3 Å². The lowest BCUT2D eigenvalue weighted by molar-refractivity contribution is -0.119. The number of hydrogen-bond acceptors (Lipinski definition) is 3. The van der Waals surface area contributed by atoms with Crippen molar-refractivity contribution in [2.24, 2.45) is 5.92 Å². The number of benzene rings is 1. The largest absolute Gasteiger partial charge is 0.324 e. The van der Waals surface area contributed by atoms with E-state index in [4.69, 9.17) is 0 Å². The molecular weight excluding hydrogens is 264 g/mol. The lowest BCUT2D eigenvalue weighted by Crippen LogP contribution is -2.29. The zero-order valence-corrected chi connectivity index (χ0v) is 13.0. The molecule has 5 heteroatoms. The van der Waals surface area contributed by atoms with Gasteiger partial charge in [-0.25, -0.2) is 4.68 Å². The van der Waals surface area contributed by atoms with Gasteiger partial charge in [0.15, 0.2) is 0 Å². The third kappa shape index (κ3) is 3.49. The summed E-state index contributed by atoms with van der Waals surface area (Å²) in [5, 5.41) is 10.5. The van der Waals surface area contributed by atoms with E-state index in [-0.39, 0.29) is 11.8 Å². The maximum Gasteiger partial charge on any atom is 0.228 e. The second-order valence-corrected chi connectivity index (χ2v) is 5.30. The van der Waals surface area contributed by atoms with Crippen LogP contribution in [0, 0.1) is 19.8 Å². The Hall–Kier alpha value is -2.14. The molecule has 0 saturated carbocycles. The van der Waals surface area contributed by atoms with Gasteiger partial charge in [-0.05, 0) is 39.1 Å². The zero-order valence-electron chi connectivity index (χ0n) is 13.0. The van der Waals surface area contributed by atoms with Crippen molar-refractivity contribution in [3.8, 4) is 5.69 Å². The van der Waals surface area contributed by atoms with Gasteiger partial charge in [-0.3, -0.25) is 4.79 Å². The SMILES string of the molecule is CNCC(C)C(=O)Nc1ccccc1-n1nc(C)cc1C. The first-order valence-electron chi connectivity index (χ1n) is 7.11. The van der Waals surface area contributed by atoms with Gasteiger partial charge in [0, 0.05) is 18.2 Å². The molecule has 1 amide bonds. The minimum Gasteiger partial charge on any atom is -0.324 e. The number of aryl methyl sites for hydroxylation is 2. The first kappa shape index (κ1) is 15.3. The molecule has 0 aliphatic carbocycles. The Morgan fingerprint density at radius 2 is 2.05 bits per heavy atom. The summed E-state index contributed by atoms with van der Waals surface area (Å²) in [6.45, 7) is 6.51. The van der Waals surface area contributed by atoms with Crippen molar-refractivity contribution in [3.05, 3.63) is 41.7 Å². The van der Waals surface area contributed by atoms with Gasteiger partial charge >= 0.3 is 0 Å². The normalized spacial score (nSPS) is 12.2. The fourth-order valence-electron chi connectivity index (χ4n) is 2.29. The summed E-state index contributed by atoms with van der Waals surface area (Å²) in [6.07, 6.45) is 0. The topological polar surface area (TPSA) is 59.0 Å². The molecule has 0 radical (unpaired) electrons. The Morgan fingerprint density at radius 3 is 2.67 bits per heavy atom. The number of anilines is 1. The highest BCUT2D eigenvalue weighted by Crippen LogP contribution is 2.22. The molecule has 1 aromatic heterocycles. The highest BCUT2D eigenvalue weighted by Gasteiger charge is 2.15. The average Bonchev–Trinajstić information content (AvgIpc) is 2.78. The molecule has 2 rings (SSSR count). The molecule has 0 aliphatic rings. The molecule has 0 fully saturated rings. The van der Waals surface area contributed by atoms with Crippen LogP contribution in [-0.4, -0.2) is 29.3 Å². The van der Waals surface area contributed by atoms with E-state index in [1.807, 2.05) is 62.8 Å². The number of aromatic nitrogens is 2. The maximum absolute atomic E-state index is 12.2. The summed E-state index contributed by atoms with van der Waals surface area (Å²) in [7, 11) is 1.84. The van der Waals surface area contributed by atoms with Crippen LogP contribution in [0.4, 0.5) is 5.69 Å². The number of amides is 1. The maximum atomic E-state index is 12.2. The van der Waals surface area contributed by atoms with Crippen LogP contribution in [-0.2, 0) is 4.79 Å². The van der Waals surface area contributed by atoms with Crippen LogP contribution in [0.3, 0.4) is 0 Å². The van der Waals surface area contributed by atoms with Crippen LogP contribution < -0.4 is 10.6 Å². The first-order chi connectivity index (χ1) is 10.0. The van der Waals surface area contributed by atoms with Gasteiger partial charge in [0.25, 0.3) is 0 Å². The van der Waals surface area contributed by atoms with Gasteiger partial charge in [-0.2, -0.15) is 5.10 Å². The summed E-state index contributed by atoms with van der Waals surface area (Å²) in [5.41, 5.74) is 3.65. The quantitative estimate of drug-likeness (QED) is 0.886. The highest BCUT2D eigenvalue weighted by molar-refractivity contribution is 5.94. The van der Waals surface area contributed by atoms with Crippen molar-refractivity contribution in [3.63, 3.8) is 0 Å². The van der Waals surface area contributed by atoms with Crippen molar-refractivity contribution >= 4 is 11.6 Å². The predicted octanol–water partition coefficient (Wildman–Crippen LogP) is 2.28. The zero-order chi connectivity index (χ0) is 15.4. The molecule has 112 valence electrons. The van der Waals surface area contributed by atoms with E-state index < -0.39 is 0 Å². The average molecular weight is 286 g/mol. The third-order valence-electron chi connectivity index (χ3n) is 3.36. The van der Waals surface area contributed by atoms with Gasteiger partial charge in [-0.15, -0.1) is 0 Å². The molecule has 2 N–H and O–H groups in total. The molecule has 5 nitrogen and oxygen atoms in total. The standard InChI is InChI=1S/C16H22N4O/c1-11(10-17-4)16(21)18-14-7-5-6-8-15(14)20-13(3)9-12(2)19-20/h5-9,11,17H,10H2,1-4H3,(H,18,21). The number of nitrogens with one attached hydrogen (secondary N) is 2. The Bertz CT molecular complexity index is 633. The third-order valence-corrected chi connectivity index (χ3v) is 3.36. The fourth-order valence-corrected chi connectivity index (χ4v) is 2.29. The van der Waals surface area contributed by atoms with E-state index in [1.54, 1.807) is 0 Å². The van der Waals surface area contributed by atoms with Crippen LogP contribution in [0.25, 0.3) is 5.69 Å². The van der Waals surface area contributed by atoms with E-state index in [0.717, 1.165) is 22.8 Å².